The molecule has 0 atom stereocenters. The lowest BCUT2D eigenvalue weighted by Gasteiger charge is -2.05. The van der Waals surface area contributed by atoms with Crippen LogP contribution in [0.3, 0.4) is 0 Å². The maximum atomic E-state index is 13.4. The van der Waals surface area contributed by atoms with Gasteiger partial charge in [0, 0.05) is 5.75 Å². The zero-order valence-corrected chi connectivity index (χ0v) is 15.6. The van der Waals surface area contributed by atoms with E-state index < -0.39 is 11.7 Å². The van der Waals surface area contributed by atoms with Crippen LogP contribution in [0, 0.1) is 12.7 Å². The van der Waals surface area contributed by atoms with Crippen molar-refractivity contribution in [1.29, 1.82) is 0 Å². The maximum absolute atomic E-state index is 13.4. The molecule has 134 valence electrons. The van der Waals surface area contributed by atoms with Gasteiger partial charge < -0.3 is 4.74 Å². The Balaban J connectivity index is 1.47. The zero-order chi connectivity index (χ0) is 18.4. The van der Waals surface area contributed by atoms with Crippen LogP contribution in [0.15, 0.2) is 52.9 Å². The molecule has 0 aliphatic rings. The van der Waals surface area contributed by atoms with E-state index in [-0.39, 0.29) is 12.4 Å². The Labute approximate surface area is 158 Å². The number of thioether (sulfide) groups is 1. The zero-order valence-electron chi connectivity index (χ0n) is 13.9. The fourth-order valence-corrected chi connectivity index (χ4v) is 3.73. The fourth-order valence-electron chi connectivity index (χ4n) is 2.01. The first-order valence-corrected chi connectivity index (χ1v) is 9.59. The number of benzene rings is 2. The summed E-state index contributed by atoms with van der Waals surface area (Å²) in [6, 6.07) is 14.2. The number of carbonyl (C=O) groups is 1. The third-order valence-electron chi connectivity index (χ3n) is 3.33. The summed E-state index contributed by atoms with van der Waals surface area (Å²) in [5.41, 5.74) is 2.41. The van der Waals surface area contributed by atoms with Crippen LogP contribution in [0.1, 0.15) is 11.1 Å². The van der Waals surface area contributed by atoms with Gasteiger partial charge in [-0.2, -0.15) is 0 Å². The number of carbonyl (C=O) groups excluding carboxylic acids is 1. The molecule has 0 saturated carbocycles. The largest absolute Gasteiger partial charge is 0.481 e. The molecule has 1 N–H and O–H groups in total. The Kier molecular flexibility index (Phi) is 6.19. The molecular weight excluding hydrogens is 373 g/mol. The summed E-state index contributed by atoms with van der Waals surface area (Å²) in [7, 11) is 0. The number of aryl methyl sites for hydroxylation is 1. The topological polar surface area (TPSA) is 64.1 Å². The number of halogens is 1. The van der Waals surface area contributed by atoms with E-state index in [0.717, 1.165) is 10.1 Å². The highest BCUT2D eigenvalue weighted by Gasteiger charge is 2.10. The molecule has 26 heavy (non-hydrogen) atoms. The second kappa shape index (κ2) is 8.77. The average molecular weight is 389 g/mol. The molecule has 0 radical (unpaired) electrons. The number of hydrogen-bond acceptors (Lipinski definition) is 6. The van der Waals surface area contributed by atoms with E-state index in [0.29, 0.717) is 5.13 Å². The first-order valence-electron chi connectivity index (χ1n) is 7.79. The SMILES string of the molecule is Cc1ccc(CSc2nnc(NC(=O)COc3ccccc3F)s2)cc1. The summed E-state index contributed by atoms with van der Waals surface area (Å²) in [5, 5.41) is 11.0. The van der Waals surface area contributed by atoms with Gasteiger partial charge in [0.25, 0.3) is 5.91 Å². The van der Waals surface area contributed by atoms with Crippen molar-refractivity contribution in [1.82, 2.24) is 10.2 Å². The molecule has 0 aliphatic carbocycles. The molecule has 0 fully saturated rings. The van der Waals surface area contributed by atoms with Crippen molar-refractivity contribution in [3.63, 3.8) is 0 Å². The lowest BCUT2D eigenvalue weighted by atomic mass is 10.2. The quantitative estimate of drug-likeness (QED) is 0.482. The van der Waals surface area contributed by atoms with E-state index in [4.69, 9.17) is 4.74 Å². The highest BCUT2D eigenvalue weighted by Crippen LogP contribution is 2.28. The number of amides is 1. The van der Waals surface area contributed by atoms with Crippen LogP contribution in [-0.4, -0.2) is 22.7 Å². The first kappa shape index (κ1) is 18.3. The van der Waals surface area contributed by atoms with Crippen LogP contribution in [0.25, 0.3) is 0 Å². The third-order valence-corrected chi connectivity index (χ3v) is 5.37. The number of hydrogen-bond donors (Lipinski definition) is 1. The highest BCUT2D eigenvalue weighted by atomic mass is 32.2. The van der Waals surface area contributed by atoms with Crippen molar-refractivity contribution < 1.29 is 13.9 Å². The summed E-state index contributed by atoms with van der Waals surface area (Å²) in [6.45, 7) is 1.75. The number of anilines is 1. The van der Waals surface area contributed by atoms with Crippen molar-refractivity contribution in [3.8, 4) is 5.75 Å². The van der Waals surface area contributed by atoms with Gasteiger partial charge in [-0.05, 0) is 24.6 Å². The Morgan fingerprint density at radius 2 is 1.96 bits per heavy atom. The van der Waals surface area contributed by atoms with E-state index in [2.05, 4.69) is 39.8 Å². The first-order chi connectivity index (χ1) is 12.6. The van der Waals surface area contributed by atoms with E-state index in [1.807, 2.05) is 6.92 Å². The molecule has 3 aromatic rings. The molecule has 2 aromatic carbocycles. The Morgan fingerprint density at radius 1 is 1.19 bits per heavy atom. The molecule has 1 heterocycles. The summed E-state index contributed by atoms with van der Waals surface area (Å²) in [6.07, 6.45) is 0. The molecule has 5 nitrogen and oxygen atoms in total. The minimum Gasteiger partial charge on any atom is -0.481 e. The Hall–Kier alpha value is -2.45. The third kappa shape index (κ3) is 5.27. The van der Waals surface area contributed by atoms with Crippen molar-refractivity contribution in [2.24, 2.45) is 0 Å². The van der Waals surface area contributed by atoms with E-state index in [1.54, 1.807) is 23.9 Å². The van der Waals surface area contributed by atoms with Gasteiger partial charge in [-0.1, -0.05) is 65.1 Å². The Morgan fingerprint density at radius 3 is 2.73 bits per heavy atom. The minimum atomic E-state index is -0.508. The smallest absolute Gasteiger partial charge is 0.264 e. The fraction of sp³-hybridized carbons (Fsp3) is 0.167. The highest BCUT2D eigenvalue weighted by molar-refractivity contribution is 8.00. The molecule has 1 aromatic heterocycles. The van der Waals surface area contributed by atoms with E-state index >= 15 is 0 Å². The summed E-state index contributed by atoms with van der Waals surface area (Å²) < 4.78 is 19.4. The summed E-state index contributed by atoms with van der Waals surface area (Å²) >= 11 is 2.84. The monoisotopic (exact) mass is 389 g/mol. The molecule has 0 saturated heterocycles. The predicted molar refractivity (Wildman–Crippen MR) is 101 cm³/mol. The molecule has 0 unspecified atom stereocenters. The number of ether oxygens (including phenoxy) is 1. The molecule has 0 spiro atoms. The summed E-state index contributed by atoms with van der Waals surface area (Å²) in [4.78, 5) is 11.9. The maximum Gasteiger partial charge on any atom is 0.264 e. The van der Waals surface area contributed by atoms with Gasteiger partial charge in [0.15, 0.2) is 22.5 Å². The molecular formula is C18H16FN3O2S2. The van der Waals surface area contributed by atoms with Crippen LogP contribution >= 0.6 is 23.1 Å². The van der Waals surface area contributed by atoms with Gasteiger partial charge in [-0.3, -0.25) is 10.1 Å². The summed E-state index contributed by atoms with van der Waals surface area (Å²) in [5.74, 6) is -0.112. The number of rotatable bonds is 7. The molecule has 3 rings (SSSR count). The normalized spacial score (nSPS) is 10.5. The Bertz CT molecular complexity index is 884. The van der Waals surface area contributed by atoms with E-state index in [1.165, 1.54) is 34.6 Å². The van der Waals surface area contributed by atoms with Crippen molar-refractivity contribution in [3.05, 3.63) is 65.5 Å². The lowest BCUT2D eigenvalue weighted by Crippen LogP contribution is -2.20. The van der Waals surface area contributed by atoms with Gasteiger partial charge in [-0.15, -0.1) is 10.2 Å². The molecule has 0 bridgehead atoms. The molecule has 8 heteroatoms. The lowest BCUT2D eigenvalue weighted by molar-refractivity contribution is -0.118. The van der Waals surface area contributed by atoms with Crippen molar-refractivity contribution in [2.75, 3.05) is 11.9 Å². The van der Waals surface area contributed by atoms with Crippen LogP contribution in [0.5, 0.6) is 5.75 Å². The number of nitrogens with one attached hydrogen (secondary N) is 1. The van der Waals surface area contributed by atoms with Crippen LogP contribution in [-0.2, 0) is 10.5 Å². The molecule has 1 amide bonds. The molecule has 0 aliphatic heterocycles. The second-order valence-corrected chi connectivity index (χ2v) is 7.61. The second-order valence-electron chi connectivity index (χ2n) is 5.41. The van der Waals surface area contributed by atoms with Crippen LogP contribution in [0.2, 0.25) is 0 Å². The minimum absolute atomic E-state index is 0.0363. The van der Waals surface area contributed by atoms with Gasteiger partial charge in [0.2, 0.25) is 5.13 Å². The number of nitrogens with zero attached hydrogens (tertiary/aromatic N) is 2. The number of para-hydroxylation sites is 1. The van der Waals surface area contributed by atoms with Crippen LogP contribution < -0.4 is 10.1 Å². The predicted octanol–water partition coefficient (Wildman–Crippen LogP) is 4.30. The van der Waals surface area contributed by atoms with E-state index in [9.17, 15) is 9.18 Å². The van der Waals surface area contributed by atoms with Gasteiger partial charge in [0.1, 0.15) is 0 Å². The number of aromatic nitrogens is 2. The van der Waals surface area contributed by atoms with Crippen molar-refractivity contribution in [2.45, 2.75) is 17.0 Å². The van der Waals surface area contributed by atoms with Gasteiger partial charge in [0.05, 0.1) is 0 Å². The van der Waals surface area contributed by atoms with Gasteiger partial charge >= 0.3 is 0 Å². The average Bonchev–Trinajstić information content (AvgIpc) is 3.08. The van der Waals surface area contributed by atoms with Crippen LogP contribution in [0.4, 0.5) is 9.52 Å². The standard InChI is InChI=1S/C18H16FN3O2S2/c1-12-6-8-13(9-7-12)11-25-18-22-21-17(26-18)20-16(23)10-24-15-5-3-2-4-14(15)19/h2-9H,10-11H2,1H3,(H,20,21,23). The van der Waals surface area contributed by atoms with Crippen molar-refractivity contribution >= 4 is 34.1 Å². The van der Waals surface area contributed by atoms with Gasteiger partial charge in [-0.25, -0.2) is 4.39 Å².